The maximum Gasteiger partial charge on any atom is 0.205 e. The first kappa shape index (κ1) is 18.6. The first-order valence-corrected chi connectivity index (χ1v) is 10.9. The van der Waals surface area contributed by atoms with Gasteiger partial charge in [-0.05, 0) is 31.0 Å². The van der Waals surface area contributed by atoms with Crippen LogP contribution in [0.15, 0.2) is 10.5 Å². The lowest BCUT2D eigenvalue weighted by atomic mass is 10.0. The Hall–Kier alpha value is -1.75. The van der Waals surface area contributed by atoms with Gasteiger partial charge in [0, 0.05) is 11.8 Å². The Morgan fingerprint density at radius 2 is 1.92 bits per heavy atom. The zero-order valence-corrected chi connectivity index (χ0v) is 16.6. The van der Waals surface area contributed by atoms with E-state index in [9.17, 15) is 4.79 Å². The number of hydrogen-bond donors (Lipinski definition) is 0. The van der Waals surface area contributed by atoms with Crippen LogP contribution in [0.3, 0.4) is 0 Å². The molecule has 0 bridgehead atoms. The summed E-state index contributed by atoms with van der Waals surface area (Å²) in [6.45, 7) is 12.6. The second kappa shape index (κ2) is 7.43. The largest absolute Gasteiger partial charge is 0.493 e. The molecule has 0 spiro atoms. The summed E-state index contributed by atoms with van der Waals surface area (Å²) in [4.78, 5) is 11.8. The van der Waals surface area contributed by atoms with Crippen LogP contribution >= 0.6 is 0 Å². The number of hydrogen-bond acceptors (Lipinski definition) is 4. The van der Waals surface area contributed by atoms with Crippen molar-refractivity contribution in [3.05, 3.63) is 17.4 Å². The van der Waals surface area contributed by atoms with E-state index in [2.05, 4.69) is 26.9 Å². The van der Waals surface area contributed by atoms with Crippen LogP contribution in [0.5, 0.6) is 11.5 Å². The summed E-state index contributed by atoms with van der Waals surface area (Å²) < 4.78 is 17.7. The Morgan fingerprint density at radius 1 is 1.25 bits per heavy atom. The molecule has 0 unspecified atom stereocenters. The normalized spacial score (nSPS) is 11.8. The van der Waals surface area contributed by atoms with Crippen molar-refractivity contribution in [2.24, 2.45) is 5.92 Å². The molecular formula is C19H27O4Si. The zero-order chi connectivity index (χ0) is 18.0. The van der Waals surface area contributed by atoms with Crippen LogP contribution in [0.2, 0.25) is 13.1 Å². The van der Waals surface area contributed by atoms with Crippen LogP contribution in [0.1, 0.15) is 43.8 Å². The summed E-state index contributed by atoms with van der Waals surface area (Å²) in [5.74, 6) is 2.39. The minimum Gasteiger partial charge on any atom is -0.493 e. The van der Waals surface area contributed by atoms with Gasteiger partial charge in [-0.1, -0.05) is 26.9 Å². The molecule has 24 heavy (non-hydrogen) atoms. The van der Waals surface area contributed by atoms with Gasteiger partial charge in [-0.3, -0.25) is 4.79 Å². The Bertz CT molecular complexity index is 729. The number of methoxy groups -OCH3 is 1. The van der Waals surface area contributed by atoms with Crippen molar-refractivity contribution >= 4 is 31.2 Å². The van der Waals surface area contributed by atoms with Crippen LogP contribution in [-0.4, -0.2) is 28.3 Å². The van der Waals surface area contributed by atoms with Crippen LogP contribution in [0, 0.1) is 5.92 Å². The number of carbonyl (C=O) groups is 1. The predicted molar refractivity (Wildman–Crippen MR) is 99.6 cm³/mol. The highest BCUT2D eigenvalue weighted by molar-refractivity contribution is 6.73. The Labute approximate surface area is 145 Å². The van der Waals surface area contributed by atoms with Gasteiger partial charge in [-0.2, -0.15) is 0 Å². The summed E-state index contributed by atoms with van der Waals surface area (Å²) in [6, 6.07) is 2.01. The first-order valence-electron chi connectivity index (χ1n) is 8.38. The summed E-state index contributed by atoms with van der Waals surface area (Å²) in [5, 5.41) is 2.04. The molecule has 0 N–H and O–H groups in total. The lowest BCUT2D eigenvalue weighted by molar-refractivity contribution is 0.112. The van der Waals surface area contributed by atoms with E-state index in [1.54, 1.807) is 7.11 Å². The molecule has 4 nitrogen and oxygen atoms in total. The van der Waals surface area contributed by atoms with Crippen molar-refractivity contribution in [2.75, 3.05) is 7.11 Å². The number of rotatable bonds is 7. The molecule has 1 heterocycles. The van der Waals surface area contributed by atoms with Crippen LogP contribution in [0.25, 0.3) is 11.0 Å². The molecule has 0 saturated heterocycles. The average Bonchev–Trinajstić information content (AvgIpc) is 2.84. The number of carbonyl (C=O) groups excluding carboxylic acids is 1. The van der Waals surface area contributed by atoms with Gasteiger partial charge in [-0.15, -0.1) is 0 Å². The molecule has 131 valence electrons. The lowest BCUT2D eigenvalue weighted by Crippen LogP contribution is -2.24. The summed E-state index contributed by atoms with van der Waals surface area (Å²) in [6.07, 6.45) is 1.63. The van der Waals surface area contributed by atoms with Gasteiger partial charge in [-0.25, -0.2) is 0 Å². The van der Waals surface area contributed by atoms with Crippen molar-refractivity contribution in [1.29, 1.82) is 0 Å². The molecule has 1 aromatic heterocycles. The molecule has 0 fully saturated rings. The van der Waals surface area contributed by atoms with E-state index in [4.69, 9.17) is 13.9 Å². The number of aldehydes is 1. The van der Waals surface area contributed by atoms with Gasteiger partial charge in [0.1, 0.15) is 5.76 Å². The second-order valence-corrected chi connectivity index (χ2v) is 9.52. The lowest BCUT2D eigenvalue weighted by Gasteiger charge is -2.16. The van der Waals surface area contributed by atoms with Gasteiger partial charge in [0.2, 0.25) is 5.75 Å². The minimum absolute atomic E-state index is 0.0145. The standard InChI is InChI=1S/C19H27O4Si/c1-11(2)8-14-13(10-20)17-16(24(6)7)9-15(21-5)18(19(17)23-14)22-12(3)4/h9-12H,8H2,1-7H3. The molecule has 2 rings (SSSR count). The maximum atomic E-state index is 11.8. The fraction of sp³-hybridized carbons (Fsp3) is 0.526. The average molecular weight is 348 g/mol. The molecule has 0 saturated carbocycles. The van der Waals surface area contributed by atoms with Gasteiger partial charge >= 0.3 is 0 Å². The Morgan fingerprint density at radius 3 is 2.38 bits per heavy atom. The van der Waals surface area contributed by atoms with E-state index in [-0.39, 0.29) is 6.10 Å². The SMILES string of the molecule is COc1cc([Si](C)C)c2c(C=O)c(CC(C)C)oc2c1OC(C)C. The highest BCUT2D eigenvalue weighted by Crippen LogP contribution is 2.39. The summed E-state index contributed by atoms with van der Waals surface area (Å²) in [5.41, 5.74) is 1.30. The zero-order valence-electron chi connectivity index (χ0n) is 15.6. The molecule has 1 radical (unpaired) electrons. The van der Waals surface area contributed by atoms with Crippen molar-refractivity contribution < 1.29 is 18.7 Å². The van der Waals surface area contributed by atoms with E-state index in [0.29, 0.717) is 28.6 Å². The highest BCUT2D eigenvalue weighted by Gasteiger charge is 2.26. The van der Waals surface area contributed by atoms with Crippen molar-refractivity contribution in [1.82, 2.24) is 0 Å². The third kappa shape index (κ3) is 3.51. The molecule has 1 aromatic carbocycles. The Balaban J connectivity index is 2.87. The second-order valence-electron chi connectivity index (χ2n) is 6.98. The van der Waals surface area contributed by atoms with Gasteiger partial charge in [0.05, 0.1) is 27.6 Å². The molecule has 0 aliphatic rings. The quantitative estimate of drug-likeness (QED) is 0.556. The summed E-state index contributed by atoms with van der Waals surface area (Å²) in [7, 11) is 0.819. The smallest absolute Gasteiger partial charge is 0.205 e. The highest BCUT2D eigenvalue weighted by atomic mass is 28.3. The first-order chi connectivity index (χ1) is 11.3. The predicted octanol–water partition coefficient (Wildman–Crippen LogP) is 4.20. The fourth-order valence-corrected chi connectivity index (χ4v) is 4.01. The van der Waals surface area contributed by atoms with Crippen molar-refractivity contribution in [2.45, 2.75) is 53.3 Å². The number of benzene rings is 1. The number of ether oxygens (including phenoxy) is 2. The van der Waals surface area contributed by atoms with E-state index < -0.39 is 8.80 Å². The number of fused-ring (bicyclic) bond motifs is 1. The van der Waals surface area contributed by atoms with Crippen LogP contribution < -0.4 is 14.7 Å². The Kier molecular flexibility index (Phi) is 5.75. The van der Waals surface area contributed by atoms with Crippen molar-refractivity contribution in [3.63, 3.8) is 0 Å². The summed E-state index contributed by atoms with van der Waals surface area (Å²) >= 11 is 0. The van der Waals surface area contributed by atoms with Gasteiger partial charge in [0.15, 0.2) is 17.6 Å². The van der Waals surface area contributed by atoms with Crippen LogP contribution in [0.4, 0.5) is 0 Å². The third-order valence-electron chi connectivity index (χ3n) is 3.82. The van der Waals surface area contributed by atoms with Crippen molar-refractivity contribution in [3.8, 4) is 11.5 Å². The van der Waals surface area contributed by atoms with E-state index in [0.717, 1.165) is 29.0 Å². The maximum absolute atomic E-state index is 11.8. The molecule has 2 aromatic rings. The van der Waals surface area contributed by atoms with E-state index in [1.165, 1.54) is 0 Å². The van der Waals surface area contributed by atoms with Gasteiger partial charge < -0.3 is 13.9 Å². The molecule has 5 heteroatoms. The van der Waals surface area contributed by atoms with Gasteiger partial charge in [0.25, 0.3) is 0 Å². The van der Waals surface area contributed by atoms with E-state index >= 15 is 0 Å². The molecule has 0 amide bonds. The topological polar surface area (TPSA) is 48.7 Å². The monoisotopic (exact) mass is 347 g/mol. The molecule has 0 aliphatic carbocycles. The minimum atomic E-state index is -0.815. The van der Waals surface area contributed by atoms with Crippen LogP contribution in [-0.2, 0) is 6.42 Å². The van der Waals surface area contributed by atoms with E-state index in [1.807, 2.05) is 19.9 Å². The molecular weight excluding hydrogens is 320 g/mol. The third-order valence-corrected chi connectivity index (χ3v) is 5.29. The molecule has 0 aliphatic heterocycles. The fourth-order valence-electron chi connectivity index (χ4n) is 2.84. The molecule has 0 atom stereocenters. The number of furan rings is 1.